The van der Waals surface area contributed by atoms with Crippen molar-refractivity contribution in [3.63, 3.8) is 0 Å². The summed E-state index contributed by atoms with van der Waals surface area (Å²) >= 11 is 0. The van der Waals surface area contributed by atoms with E-state index in [2.05, 4.69) is 42.5 Å². The predicted octanol–water partition coefficient (Wildman–Crippen LogP) is 2.01. The van der Waals surface area contributed by atoms with Crippen LogP contribution in [0.15, 0.2) is 18.3 Å². The average molecular weight is 193 g/mol. The van der Waals surface area contributed by atoms with E-state index in [4.69, 9.17) is 0 Å². The van der Waals surface area contributed by atoms with Crippen LogP contribution in [0.2, 0.25) is 0 Å². The summed E-state index contributed by atoms with van der Waals surface area (Å²) < 4.78 is 0. The summed E-state index contributed by atoms with van der Waals surface area (Å²) in [5.41, 5.74) is 1.22. The first-order valence-electron chi connectivity index (χ1n) is 5.14. The Bertz CT molecular complexity index is 254. The van der Waals surface area contributed by atoms with Crippen molar-refractivity contribution < 1.29 is 0 Å². The van der Waals surface area contributed by atoms with Crippen LogP contribution < -0.4 is 10.6 Å². The lowest BCUT2D eigenvalue weighted by Crippen LogP contribution is -2.21. The predicted molar refractivity (Wildman–Crippen MR) is 60.4 cm³/mol. The summed E-state index contributed by atoms with van der Waals surface area (Å²) in [4.78, 5) is 4.30. The van der Waals surface area contributed by atoms with E-state index in [1.165, 1.54) is 5.56 Å². The molecule has 0 atom stereocenters. The summed E-state index contributed by atoms with van der Waals surface area (Å²) in [5, 5.41) is 6.52. The maximum absolute atomic E-state index is 4.30. The van der Waals surface area contributed by atoms with Crippen LogP contribution in [0.25, 0.3) is 0 Å². The Morgan fingerprint density at radius 3 is 2.64 bits per heavy atom. The number of aromatic nitrogens is 1. The van der Waals surface area contributed by atoms with Crippen molar-refractivity contribution in [1.29, 1.82) is 0 Å². The average Bonchev–Trinajstić information content (AvgIpc) is 2.17. The zero-order valence-corrected chi connectivity index (χ0v) is 9.17. The minimum Gasteiger partial charge on any atom is -0.370 e. The number of anilines is 1. The first-order chi connectivity index (χ1) is 6.72. The minimum absolute atomic E-state index is 0.517. The zero-order chi connectivity index (χ0) is 10.4. The molecule has 0 saturated carbocycles. The van der Waals surface area contributed by atoms with Crippen molar-refractivity contribution in [3.05, 3.63) is 23.9 Å². The van der Waals surface area contributed by atoms with Gasteiger partial charge in [0, 0.05) is 25.3 Å². The maximum atomic E-state index is 4.30. The Morgan fingerprint density at radius 1 is 1.36 bits per heavy atom. The van der Waals surface area contributed by atoms with Gasteiger partial charge in [0.05, 0.1) is 0 Å². The van der Waals surface area contributed by atoms with Gasteiger partial charge < -0.3 is 10.6 Å². The van der Waals surface area contributed by atoms with Gasteiger partial charge in [-0.25, -0.2) is 4.98 Å². The second-order valence-electron chi connectivity index (χ2n) is 3.62. The molecule has 2 N–H and O–H groups in total. The number of hydrogen-bond acceptors (Lipinski definition) is 3. The Balaban J connectivity index is 2.46. The van der Waals surface area contributed by atoms with Gasteiger partial charge in [0.15, 0.2) is 0 Å². The summed E-state index contributed by atoms with van der Waals surface area (Å²) in [6.07, 6.45) is 1.91. The highest BCUT2D eigenvalue weighted by atomic mass is 15.0. The molecule has 14 heavy (non-hydrogen) atoms. The van der Waals surface area contributed by atoms with E-state index in [0.29, 0.717) is 6.04 Å². The molecular weight excluding hydrogens is 174 g/mol. The summed E-state index contributed by atoms with van der Waals surface area (Å²) in [7, 11) is 0. The third-order valence-electron chi connectivity index (χ3n) is 1.90. The van der Waals surface area contributed by atoms with Crippen LogP contribution in [0.3, 0.4) is 0 Å². The molecule has 1 heterocycles. The standard InChI is InChI=1S/C11H19N3/c1-4-12-11-6-5-10(8-14-11)7-13-9(2)3/h5-6,8-9,13H,4,7H2,1-3H3,(H,12,14). The van der Waals surface area contributed by atoms with E-state index in [1.54, 1.807) is 0 Å². The fourth-order valence-corrected chi connectivity index (χ4v) is 1.14. The van der Waals surface area contributed by atoms with Gasteiger partial charge in [-0.2, -0.15) is 0 Å². The van der Waals surface area contributed by atoms with Crippen molar-refractivity contribution in [2.75, 3.05) is 11.9 Å². The highest BCUT2D eigenvalue weighted by molar-refractivity contribution is 5.35. The quantitative estimate of drug-likeness (QED) is 0.751. The molecule has 0 aliphatic heterocycles. The fraction of sp³-hybridized carbons (Fsp3) is 0.545. The van der Waals surface area contributed by atoms with Gasteiger partial charge in [0.25, 0.3) is 0 Å². The van der Waals surface area contributed by atoms with Crippen LogP contribution in [-0.2, 0) is 6.54 Å². The molecular formula is C11H19N3. The first-order valence-corrected chi connectivity index (χ1v) is 5.14. The lowest BCUT2D eigenvalue weighted by molar-refractivity contribution is 0.588. The molecule has 0 aromatic carbocycles. The Kier molecular flexibility index (Phi) is 4.40. The third kappa shape index (κ3) is 3.75. The largest absolute Gasteiger partial charge is 0.370 e. The van der Waals surface area contributed by atoms with Crippen molar-refractivity contribution in [1.82, 2.24) is 10.3 Å². The topological polar surface area (TPSA) is 37.0 Å². The molecule has 1 aromatic rings. The van der Waals surface area contributed by atoms with Crippen molar-refractivity contribution in [3.8, 4) is 0 Å². The lowest BCUT2D eigenvalue weighted by atomic mass is 10.2. The zero-order valence-electron chi connectivity index (χ0n) is 9.17. The molecule has 0 aliphatic carbocycles. The van der Waals surface area contributed by atoms with Crippen LogP contribution in [0.4, 0.5) is 5.82 Å². The molecule has 0 amide bonds. The third-order valence-corrected chi connectivity index (χ3v) is 1.90. The van der Waals surface area contributed by atoms with Gasteiger partial charge in [0.2, 0.25) is 0 Å². The summed E-state index contributed by atoms with van der Waals surface area (Å²) in [6, 6.07) is 4.63. The van der Waals surface area contributed by atoms with Crippen molar-refractivity contribution in [2.24, 2.45) is 0 Å². The smallest absolute Gasteiger partial charge is 0.125 e. The number of pyridine rings is 1. The molecule has 1 rings (SSSR count). The van der Waals surface area contributed by atoms with E-state index >= 15 is 0 Å². The molecule has 78 valence electrons. The minimum atomic E-state index is 0.517. The molecule has 0 unspecified atom stereocenters. The van der Waals surface area contributed by atoms with Gasteiger partial charge in [-0.05, 0) is 18.6 Å². The Morgan fingerprint density at radius 2 is 2.14 bits per heavy atom. The SMILES string of the molecule is CCNc1ccc(CNC(C)C)cn1. The normalized spacial score (nSPS) is 10.6. The molecule has 0 spiro atoms. The molecule has 1 aromatic heterocycles. The second-order valence-corrected chi connectivity index (χ2v) is 3.62. The lowest BCUT2D eigenvalue weighted by Gasteiger charge is -2.08. The monoisotopic (exact) mass is 193 g/mol. The maximum Gasteiger partial charge on any atom is 0.125 e. The number of nitrogens with one attached hydrogen (secondary N) is 2. The summed E-state index contributed by atoms with van der Waals surface area (Å²) in [6.45, 7) is 8.14. The van der Waals surface area contributed by atoms with Gasteiger partial charge in [-0.1, -0.05) is 19.9 Å². The Hall–Kier alpha value is -1.09. The summed E-state index contributed by atoms with van der Waals surface area (Å²) in [5.74, 6) is 0.945. The van der Waals surface area contributed by atoms with E-state index < -0.39 is 0 Å². The molecule has 0 radical (unpaired) electrons. The van der Waals surface area contributed by atoms with E-state index in [0.717, 1.165) is 18.9 Å². The number of rotatable bonds is 5. The highest BCUT2D eigenvalue weighted by Crippen LogP contribution is 2.04. The molecule has 0 fully saturated rings. The highest BCUT2D eigenvalue weighted by Gasteiger charge is 1.96. The Labute approximate surface area is 85.9 Å². The van der Waals surface area contributed by atoms with Crippen LogP contribution in [-0.4, -0.2) is 17.6 Å². The molecule has 0 aliphatic rings. The van der Waals surface area contributed by atoms with Crippen molar-refractivity contribution >= 4 is 5.82 Å². The second kappa shape index (κ2) is 5.60. The van der Waals surface area contributed by atoms with Crippen LogP contribution >= 0.6 is 0 Å². The van der Waals surface area contributed by atoms with E-state index in [1.807, 2.05) is 12.3 Å². The molecule has 3 heteroatoms. The van der Waals surface area contributed by atoms with Crippen LogP contribution in [0.1, 0.15) is 26.3 Å². The van der Waals surface area contributed by atoms with Crippen molar-refractivity contribution in [2.45, 2.75) is 33.4 Å². The molecule has 0 saturated heterocycles. The van der Waals surface area contributed by atoms with Gasteiger partial charge in [-0.3, -0.25) is 0 Å². The van der Waals surface area contributed by atoms with E-state index in [-0.39, 0.29) is 0 Å². The molecule has 0 bridgehead atoms. The molecule has 3 nitrogen and oxygen atoms in total. The van der Waals surface area contributed by atoms with E-state index in [9.17, 15) is 0 Å². The van der Waals surface area contributed by atoms with Gasteiger partial charge >= 0.3 is 0 Å². The van der Waals surface area contributed by atoms with Crippen LogP contribution in [0, 0.1) is 0 Å². The number of hydrogen-bond donors (Lipinski definition) is 2. The first kappa shape index (κ1) is 11.0. The van der Waals surface area contributed by atoms with Gasteiger partial charge in [0.1, 0.15) is 5.82 Å². The van der Waals surface area contributed by atoms with Gasteiger partial charge in [-0.15, -0.1) is 0 Å². The number of nitrogens with zero attached hydrogens (tertiary/aromatic N) is 1. The fourth-order valence-electron chi connectivity index (χ4n) is 1.14. The van der Waals surface area contributed by atoms with Crippen LogP contribution in [0.5, 0.6) is 0 Å².